The summed E-state index contributed by atoms with van der Waals surface area (Å²) in [6.45, 7) is 1.94. The molecule has 0 radical (unpaired) electrons. The van der Waals surface area contributed by atoms with Gasteiger partial charge in [0.1, 0.15) is 6.54 Å². The van der Waals surface area contributed by atoms with Crippen molar-refractivity contribution < 1.29 is 13.2 Å². The summed E-state index contributed by atoms with van der Waals surface area (Å²) in [5, 5.41) is 14.1. The Hall–Kier alpha value is -2.98. The van der Waals surface area contributed by atoms with Gasteiger partial charge in [0.05, 0.1) is 11.1 Å². The first-order valence-corrected chi connectivity index (χ1v) is 9.59. The molecule has 0 spiro atoms. The second-order valence-corrected chi connectivity index (χ2v) is 7.70. The molecule has 11 heteroatoms. The maximum absolute atomic E-state index is 12.4. The van der Waals surface area contributed by atoms with Crippen LogP contribution in [-0.4, -0.2) is 34.3 Å². The van der Waals surface area contributed by atoms with Crippen LogP contribution in [-0.2, 0) is 21.4 Å². The number of halogens is 1. The molecule has 0 aliphatic rings. The molecule has 0 bridgehead atoms. The first-order chi connectivity index (χ1) is 12.8. The summed E-state index contributed by atoms with van der Waals surface area (Å²) < 4.78 is 28.5. The number of rotatable bonds is 6. The highest BCUT2D eigenvalue weighted by Crippen LogP contribution is 2.17. The summed E-state index contributed by atoms with van der Waals surface area (Å²) in [6, 6.07) is 8.56. The Balaban J connectivity index is 1.65. The highest BCUT2D eigenvalue weighted by molar-refractivity contribution is 7.92. The van der Waals surface area contributed by atoms with Gasteiger partial charge in [-0.3, -0.25) is 14.2 Å². The molecule has 3 aromatic rings. The first-order valence-electron chi connectivity index (χ1n) is 7.73. The van der Waals surface area contributed by atoms with E-state index in [4.69, 9.17) is 11.6 Å². The van der Waals surface area contributed by atoms with Gasteiger partial charge in [-0.15, -0.1) is 10.2 Å². The van der Waals surface area contributed by atoms with Gasteiger partial charge < -0.3 is 5.32 Å². The van der Waals surface area contributed by atoms with E-state index in [2.05, 4.69) is 25.3 Å². The van der Waals surface area contributed by atoms with E-state index >= 15 is 0 Å². The largest absolute Gasteiger partial charge is 0.324 e. The Labute approximate surface area is 160 Å². The van der Waals surface area contributed by atoms with Crippen LogP contribution in [0.1, 0.15) is 5.56 Å². The molecule has 140 valence electrons. The Kier molecular flexibility index (Phi) is 5.38. The summed E-state index contributed by atoms with van der Waals surface area (Å²) in [5.74, 6) is -0.227. The zero-order valence-electron chi connectivity index (χ0n) is 14.1. The first kappa shape index (κ1) is 18.8. The zero-order chi connectivity index (χ0) is 19.4. The number of aryl methyl sites for hydroxylation is 1. The second-order valence-electron chi connectivity index (χ2n) is 5.63. The summed E-state index contributed by atoms with van der Waals surface area (Å²) in [4.78, 5) is 12.0. The minimum Gasteiger partial charge on any atom is -0.324 e. The third-order valence-electron chi connectivity index (χ3n) is 3.39. The van der Waals surface area contributed by atoms with E-state index < -0.39 is 10.0 Å². The molecule has 0 aliphatic carbocycles. The van der Waals surface area contributed by atoms with Crippen LogP contribution in [0.4, 0.5) is 11.5 Å². The number of carbonyl (C=O) groups is 1. The second kappa shape index (κ2) is 7.72. The normalized spacial score (nSPS) is 11.2. The van der Waals surface area contributed by atoms with Gasteiger partial charge in [0, 0.05) is 11.9 Å². The van der Waals surface area contributed by atoms with Crippen LogP contribution in [0.5, 0.6) is 0 Å². The third-order valence-corrected chi connectivity index (χ3v) is 4.96. The van der Waals surface area contributed by atoms with Crippen molar-refractivity contribution in [2.24, 2.45) is 0 Å². The Morgan fingerprint density at radius 1 is 1.15 bits per heavy atom. The molecule has 0 saturated carbocycles. The van der Waals surface area contributed by atoms with E-state index in [1.807, 2.05) is 6.92 Å². The van der Waals surface area contributed by atoms with Crippen molar-refractivity contribution in [1.82, 2.24) is 20.0 Å². The van der Waals surface area contributed by atoms with Gasteiger partial charge in [-0.25, -0.2) is 8.42 Å². The molecule has 27 heavy (non-hydrogen) atoms. The van der Waals surface area contributed by atoms with Crippen molar-refractivity contribution in [3.05, 3.63) is 59.5 Å². The number of aromatic nitrogens is 4. The molecule has 0 atom stereocenters. The Bertz CT molecular complexity index is 1050. The van der Waals surface area contributed by atoms with Gasteiger partial charge in [0.25, 0.3) is 10.0 Å². The van der Waals surface area contributed by atoms with Crippen LogP contribution in [0.3, 0.4) is 0 Å². The van der Waals surface area contributed by atoms with E-state index in [0.717, 1.165) is 5.56 Å². The van der Waals surface area contributed by atoms with Crippen LogP contribution in [0.15, 0.2) is 53.7 Å². The minimum atomic E-state index is -3.84. The lowest BCUT2D eigenvalue weighted by atomic mass is 10.3. The molecular formula is C16H15ClN6O3S. The maximum Gasteiger partial charge on any atom is 0.263 e. The average Bonchev–Trinajstić information content (AvgIpc) is 3.02. The van der Waals surface area contributed by atoms with Gasteiger partial charge in [-0.05, 0) is 48.9 Å². The third kappa shape index (κ3) is 5.02. The fourth-order valence-corrected chi connectivity index (χ4v) is 3.28. The standard InChI is InChI=1S/C16H15ClN6O3S/c1-11-8-18-23(9-11)10-16(24)19-12-2-4-13(5-3-12)27(25,26)22-15-7-6-14(17)20-21-15/h2-9H,10H2,1H3,(H,19,24)(H,21,22). The number of anilines is 2. The molecule has 0 saturated heterocycles. The number of nitrogens with zero attached hydrogens (tertiary/aromatic N) is 4. The van der Waals surface area contributed by atoms with Crippen LogP contribution < -0.4 is 10.0 Å². The lowest BCUT2D eigenvalue weighted by Crippen LogP contribution is -2.19. The quantitative estimate of drug-likeness (QED) is 0.646. The number of sulfonamides is 1. The summed E-state index contributed by atoms with van der Waals surface area (Å²) in [5.41, 5.74) is 1.42. The van der Waals surface area contributed by atoms with E-state index in [1.54, 1.807) is 12.4 Å². The molecule has 9 nitrogen and oxygen atoms in total. The molecule has 2 aromatic heterocycles. The molecular weight excluding hydrogens is 392 g/mol. The van der Waals surface area contributed by atoms with Gasteiger partial charge in [0.15, 0.2) is 11.0 Å². The smallest absolute Gasteiger partial charge is 0.263 e. The van der Waals surface area contributed by atoms with Crippen molar-refractivity contribution >= 4 is 39.0 Å². The highest BCUT2D eigenvalue weighted by Gasteiger charge is 2.15. The molecule has 2 heterocycles. The van der Waals surface area contributed by atoms with Crippen LogP contribution in [0, 0.1) is 6.92 Å². The summed E-state index contributed by atoms with van der Waals surface area (Å²) in [7, 11) is -3.84. The Morgan fingerprint density at radius 3 is 2.48 bits per heavy atom. The van der Waals surface area contributed by atoms with E-state index in [1.165, 1.54) is 41.1 Å². The van der Waals surface area contributed by atoms with E-state index in [-0.39, 0.29) is 28.3 Å². The number of hydrogen-bond acceptors (Lipinski definition) is 6. The number of nitrogens with one attached hydrogen (secondary N) is 2. The fraction of sp³-hybridized carbons (Fsp3) is 0.125. The summed E-state index contributed by atoms with van der Waals surface area (Å²) >= 11 is 5.62. The van der Waals surface area contributed by atoms with Crippen molar-refractivity contribution in [2.75, 3.05) is 10.0 Å². The number of hydrogen-bond donors (Lipinski definition) is 2. The van der Waals surface area contributed by atoms with Gasteiger partial charge >= 0.3 is 0 Å². The predicted octanol–water partition coefficient (Wildman–Crippen LogP) is 2.07. The number of amides is 1. The molecule has 2 N–H and O–H groups in total. The highest BCUT2D eigenvalue weighted by atomic mass is 35.5. The predicted molar refractivity (Wildman–Crippen MR) is 99.9 cm³/mol. The maximum atomic E-state index is 12.4. The molecule has 0 aliphatic heterocycles. The number of benzene rings is 1. The molecule has 3 rings (SSSR count). The monoisotopic (exact) mass is 406 g/mol. The van der Waals surface area contributed by atoms with Crippen LogP contribution >= 0.6 is 11.6 Å². The van der Waals surface area contributed by atoms with Crippen molar-refractivity contribution in [2.45, 2.75) is 18.4 Å². The molecule has 1 aromatic carbocycles. The minimum absolute atomic E-state index is 0.0138. The Morgan fingerprint density at radius 2 is 1.89 bits per heavy atom. The van der Waals surface area contributed by atoms with Gasteiger partial charge in [-0.2, -0.15) is 5.10 Å². The SMILES string of the molecule is Cc1cnn(CC(=O)Nc2ccc(S(=O)(=O)Nc3ccc(Cl)nn3)cc2)c1. The number of carbonyl (C=O) groups excluding carboxylic acids is 1. The molecule has 1 amide bonds. The van der Waals surface area contributed by atoms with Crippen molar-refractivity contribution in [3.63, 3.8) is 0 Å². The van der Waals surface area contributed by atoms with E-state index in [9.17, 15) is 13.2 Å². The van der Waals surface area contributed by atoms with E-state index in [0.29, 0.717) is 5.69 Å². The van der Waals surface area contributed by atoms with Crippen molar-refractivity contribution in [1.29, 1.82) is 0 Å². The average molecular weight is 407 g/mol. The van der Waals surface area contributed by atoms with Gasteiger partial charge in [0.2, 0.25) is 5.91 Å². The van der Waals surface area contributed by atoms with Crippen molar-refractivity contribution in [3.8, 4) is 0 Å². The molecule has 0 fully saturated rings. The topological polar surface area (TPSA) is 119 Å². The fourth-order valence-electron chi connectivity index (χ4n) is 2.19. The summed E-state index contributed by atoms with van der Waals surface area (Å²) in [6.07, 6.45) is 3.41. The van der Waals surface area contributed by atoms with Gasteiger partial charge in [-0.1, -0.05) is 11.6 Å². The lowest BCUT2D eigenvalue weighted by Gasteiger charge is -2.09. The lowest BCUT2D eigenvalue weighted by molar-refractivity contribution is -0.116. The van der Waals surface area contributed by atoms with Crippen LogP contribution in [0.25, 0.3) is 0 Å². The molecule has 0 unspecified atom stereocenters. The zero-order valence-corrected chi connectivity index (χ0v) is 15.7. The van der Waals surface area contributed by atoms with Crippen LogP contribution in [0.2, 0.25) is 5.15 Å².